The predicted molar refractivity (Wildman–Crippen MR) is 146 cm³/mol. The van der Waals surface area contributed by atoms with E-state index in [4.69, 9.17) is 25.7 Å². The second-order valence-electron chi connectivity index (χ2n) is 9.25. The van der Waals surface area contributed by atoms with E-state index in [0.29, 0.717) is 17.2 Å². The van der Waals surface area contributed by atoms with Gasteiger partial charge in [0.2, 0.25) is 6.79 Å². The Morgan fingerprint density at radius 3 is 2.49 bits per heavy atom. The first-order valence-electron chi connectivity index (χ1n) is 11.5. The molecule has 1 aromatic heterocycles. The van der Waals surface area contributed by atoms with Crippen molar-refractivity contribution in [2.75, 3.05) is 24.9 Å². The van der Waals surface area contributed by atoms with Crippen LogP contribution in [0, 0.1) is 5.41 Å². The summed E-state index contributed by atoms with van der Waals surface area (Å²) in [6.45, 7) is 5.74. The lowest BCUT2D eigenvalue weighted by Crippen LogP contribution is -2.70. The van der Waals surface area contributed by atoms with Crippen molar-refractivity contribution in [2.24, 2.45) is 11.1 Å². The average molecular weight is 604 g/mol. The van der Waals surface area contributed by atoms with Gasteiger partial charge in [0.15, 0.2) is 5.13 Å². The van der Waals surface area contributed by atoms with Crippen LogP contribution in [0.5, 0.6) is 0 Å². The zero-order valence-electron chi connectivity index (χ0n) is 21.7. The number of primary amides is 1. The van der Waals surface area contributed by atoms with Crippen molar-refractivity contribution in [3.63, 3.8) is 0 Å². The summed E-state index contributed by atoms with van der Waals surface area (Å²) in [7, 11) is 0. The normalized spacial score (nSPS) is 18.8. The number of nitrogens with one attached hydrogen (secondary N) is 1. The number of fused-ring (bicyclic) bond motifs is 1. The molecule has 5 N–H and O–H groups in total. The average Bonchev–Trinajstić information content (AvgIpc) is 3.28. The smallest absolute Gasteiger partial charge is 0.404 e. The highest BCUT2D eigenvalue weighted by atomic mass is 35.5. The highest BCUT2D eigenvalue weighted by Gasteiger charge is 2.54. The number of allylic oxidation sites excluding steroid dienone is 1. The van der Waals surface area contributed by atoms with Crippen molar-refractivity contribution in [3.8, 4) is 0 Å². The van der Waals surface area contributed by atoms with Crippen LogP contribution in [0.4, 0.5) is 9.93 Å². The molecule has 2 aliphatic heterocycles. The number of nitrogens with two attached hydrogens (primary N) is 2. The number of carbonyl (C=O) groups is 5. The third-order valence-corrected chi connectivity index (χ3v) is 7.37. The Morgan fingerprint density at radius 2 is 1.92 bits per heavy atom. The molecule has 2 aliphatic rings. The molecule has 0 aliphatic carbocycles. The standard InChI is InChI=1S/C23H29N5O8S2.ClH/c1-5-6-12(13-9-38-21(24)26-13)16(29)27-14-17(30)28-15(11(7-34-22(25)33)8-37-18(14)28)19(31)35-10-36-20(32)23(2,3)4;/h6,9,14,18H,5,7-8,10H2,1-4H3,(H2,24,26)(H2,25,33)(H,27,29);1H. The van der Waals surface area contributed by atoms with Crippen molar-refractivity contribution >= 4 is 76.1 Å². The van der Waals surface area contributed by atoms with Gasteiger partial charge < -0.3 is 31.0 Å². The van der Waals surface area contributed by atoms with Crippen LogP contribution < -0.4 is 16.8 Å². The number of carbonyl (C=O) groups excluding carboxylic acids is 5. The van der Waals surface area contributed by atoms with E-state index in [9.17, 15) is 24.0 Å². The number of nitrogen functional groups attached to an aromatic ring is 1. The maximum Gasteiger partial charge on any atom is 0.404 e. The number of hydrogen-bond acceptors (Lipinski definition) is 12. The van der Waals surface area contributed by atoms with E-state index >= 15 is 0 Å². The van der Waals surface area contributed by atoms with Gasteiger partial charge in [0, 0.05) is 16.7 Å². The number of nitrogens with zero attached hydrogens (tertiary/aromatic N) is 2. The third kappa shape index (κ3) is 7.42. The van der Waals surface area contributed by atoms with Gasteiger partial charge >= 0.3 is 18.0 Å². The van der Waals surface area contributed by atoms with Crippen molar-refractivity contribution in [1.29, 1.82) is 0 Å². The van der Waals surface area contributed by atoms with Gasteiger partial charge in [-0.25, -0.2) is 14.6 Å². The summed E-state index contributed by atoms with van der Waals surface area (Å²) < 4.78 is 14.9. The first-order valence-corrected chi connectivity index (χ1v) is 13.4. The van der Waals surface area contributed by atoms with Crippen molar-refractivity contribution < 1.29 is 38.2 Å². The number of hydrogen-bond donors (Lipinski definition) is 3. The quantitative estimate of drug-likeness (QED) is 0.161. The second-order valence-corrected chi connectivity index (χ2v) is 11.2. The van der Waals surface area contributed by atoms with E-state index in [0.717, 1.165) is 4.90 Å². The topological polar surface area (TPSA) is 193 Å². The molecule has 39 heavy (non-hydrogen) atoms. The van der Waals surface area contributed by atoms with Crippen molar-refractivity contribution in [1.82, 2.24) is 15.2 Å². The molecule has 16 heteroatoms. The molecule has 1 aromatic rings. The molecule has 0 radical (unpaired) electrons. The van der Waals surface area contributed by atoms with Crippen molar-refractivity contribution in [2.45, 2.75) is 45.5 Å². The number of thiazole rings is 1. The lowest BCUT2D eigenvalue weighted by atomic mass is 9.98. The van der Waals surface area contributed by atoms with E-state index in [1.54, 1.807) is 32.2 Å². The van der Waals surface area contributed by atoms with E-state index in [1.807, 2.05) is 6.92 Å². The fourth-order valence-corrected chi connectivity index (χ4v) is 5.40. The fourth-order valence-electron chi connectivity index (χ4n) is 3.51. The van der Waals surface area contributed by atoms with Gasteiger partial charge in [-0.3, -0.25) is 19.3 Å². The van der Waals surface area contributed by atoms with Crippen LogP contribution in [0.3, 0.4) is 0 Å². The van der Waals surface area contributed by atoms with Gasteiger partial charge in [0.1, 0.15) is 23.7 Å². The van der Waals surface area contributed by atoms with Crippen LogP contribution in [0.25, 0.3) is 5.57 Å². The lowest BCUT2D eigenvalue weighted by Gasteiger charge is -2.49. The molecular weight excluding hydrogens is 574 g/mol. The molecule has 0 saturated carbocycles. The molecule has 13 nitrogen and oxygen atoms in total. The largest absolute Gasteiger partial charge is 0.445 e. The van der Waals surface area contributed by atoms with Crippen LogP contribution in [0.2, 0.25) is 0 Å². The third-order valence-electron chi connectivity index (χ3n) is 5.36. The Balaban J connectivity index is 0.00000533. The minimum atomic E-state index is -1.06. The van der Waals surface area contributed by atoms with Gasteiger partial charge in [-0.05, 0) is 27.2 Å². The number of aromatic nitrogens is 1. The summed E-state index contributed by atoms with van der Waals surface area (Å²) in [6.07, 6.45) is 1.17. The van der Waals surface area contributed by atoms with Crippen LogP contribution in [-0.2, 0) is 33.4 Å². The molecule has 3 amide bonds. The minimum absolute atomic E-state index is 0. The Kier molecular flexibility index (Phi) is 10.8. The van der Waals surface area contributed by atoms with E-state index < -0.39 is 53.5 Å². The predicted octanol–water partition coefficient (Wildman–Crippen LogP) is 1.78. The van der Waals surface area contributed by atoms with Gasteiger partial charge in [-0.2, -0.15) is 0 Å². The zero-order valence-corrected chi connectivity index (χ0v) is 24.1. The molecule has 3 rings (SSSR count). The number of rotatable bonds is 9. The molecule has 0 bridgehead atoms. The molecule has 1 saturated heterocycles. The summed E-state index contributed by atoms with van der Waals surface area (Å²) in [5.74, 6) is -2.45. The van der Waals surface area contributed by atoms with Crippen LogP contribution in [0.1, 0.15) is 39.8 Å². The molecule has 214 valence electrons. The van der Waals surface area contributed by atoms with Crippen LogP contribution in [0.15, 0.2) is 22.7 Å². The van der Waals surface area contributed by atoms with E-state index in [1.165, 1.54) is 23.1 Å². The Morgan fingerprint density at radius 1 is 1.23 bits per heavy atom. The number of thioether (sulfide) groups is 1. The highest BCUT2D eigenvalue weighted by Crippen LogP contribution is 2.41. The Hall–Kier alpha value is -3.30. The number of ether oxygens (including phenoxy) is 3. The summed E-state index contributed by atoms with van der Waals surface area (Å²) >= 11 is 2.45. The molecule has 2 unspecified atom stereocenters. The molecule has 1 fully saturated rings. The summed E-state index contributed by atoms with van der Waals surface area (Å²) in [4.78, 5) is 67.6. The fraction of sp³-hybridized carbons (Fsp3) is 0.478. The van der Waals surface area contributed by atoms with E-state index in [-0.39, 0.29) is 41.6 Å². The maximum atomic E-state index is 13.1. The molecule has 2 atom stereocenters. The number of anilines is 1. The second kappa shape index (κ2) is 13.2. The van der Waals surface area contributed by atoms with Gasteiger partial charge in [-0.1, -0.05) is 13.0 Å². The summed E-state index contributed by atoms with van der Waals surface area (Å²) in [5, 5.41) is 4.03. The van der Waals surface area contributed by atoms with Crippen molar-refractivity contribution in [3.05, 3.63) is 28.4 Å². The van der Waals surface area contributed by atoms with Crippen LogP contribution in [-0.4, -0.2) is 70.3 Å². The monoisotopic (exact) mass is 603 g/mol. The molecule has 3 heterocycles. The van der Waals surface area contributed by atoms with Gasteiger partial charge in [0.25, 0.3) is 11.8 Å². The number of halogens is 1. The number of esters is 2. The number of amides is 3. The van der Waals surface area contributed by atoms with Gasteiger partial charge in [-0.15, -0.1) is 35.5 Å². The van der Waals surface area contributed by atoms with Crippen LogP contribution >= 0.6 is 35.5 Å². The zero-order chi connectivity index (χ0) is 28.2. The lowest BCUT2D eigenvalue weighted by molar-refractivity contribution is -0.173. The minimum Gasteiger partial charge on any atom is -0.445 e. The highest BCUT2D eigenvalue weighted by molar-refractivity contribution is 8.00. The summed E-state index contributed by atoms with van der Waals surface area (Å²) in [5.41, 5.74) is 10.7. The Labute approximate surface area is 239 Å². The molecule has 0 aromatic carbocycles. The first kappa shape index (κ1) is 31.9. The maximum absolute atomic E-state index is 13.1. The molecule has 0 spiro atoms. The Bertz CT molecular complexity index is 1210. The van der Waals surface area contributed by atoms with Gasteiger partial charge in [0.05, 0.1) is 16.7 Å². The van der Waals surface area contributed by atoms with E-state index in [2.05, 4.69) is 10.3 Å². The summed E-state index contributed by atoms with van der Waals surface area (Å²) in [6, 6.07) is -0.941. The molecular formula is C23H30ClN5O8S2. The number of β-lactam (4-membered cyclic amide) rings is 1. The first-order chi connectivity index (χ1) is 17.8. The SMILES string of the molecule is CCC=C(C(=O)NC1C(=O)N2C(C(=O)OCOC(=O)C(C)(C)C)=C(COC(N)=O)CSC12)c1csc(N)n1.Cl.